The number of nitrogens with zero attached hydrogens (tertiary/aromatic N) is 3. The van der Waals surface area contributed by atoms with E-state index in [1.54, 1.807) is 18.3 Å². The largest absolute Gasteiger partial charge is 0.342 e. The van der Waals surface area contributed by atoms with Gasteiger partial charge in [-0.15, -0.1) is 0 Å². The number of anilines is 1. The summed E-state index contributed by atoms with van der Waals surface area (Å²) in [6, 6.07) is 20.9. The van der Waals surface area contributed by atoms with Crippen molar-refractivity contribution in [2.24, 2.45) is 0 Å². The number of benzene rings is 3. The molecule has 1 fully saturated rings. The van der Waals surface area contributed by atoms with Gasteiger partial charge in [0.2, 0.25) is 0 Å². The lowest BCUT2D eigenvalue weighted by Crippen LogP contribution is -2.54. The molecule has 2 heterocycles. The normalized spacial score (nSPS) is 14.9. The number of carbonyl (C=O) groups excluding carboxylic acids is 3. The molecule has 8 heteroatoms. The fraction of sp³-hybridized carbons (Fsp3) is 0.0370. The van der Waals surface area contributed by atoms with Crippen LogP contribution in [0.5, 0.6) is 0 Å². The van der Waals surface area contributed by atoms with Gasteiger partial charge >= 0.3 is 6.03 Å². The van der Waals surface area contributed by atoms with Crippen LogP contribution in [0.25, 0.3) is 17.0 Å². The lowest BCUT2D eigenvalue weighted by atomic mass is 10.1. The Kier molecular flexibility index (Phi) is 5.43. The van der Waals surface area contributed by atoms with Crippen molar-refractivity contribution in [3.8, 4) is 6.07 Å². The highest BCUT2D eigenvalue weighted by Crippen LogP contribution is 2.27. The van der Waals surface area contributed by atoms with Crippen LogP contribution in [0.4, 0.5) is 14.9 Å². The Balaban J connectivity index is 1.58. The van der Waals surface area contributed by atoms with Gasteiger partial charge in [0.15, 0.2) is 0 Å². The number of barbiturate groups is 1. The van der Waals surface area contributed by atoms with Crippen LogP contribution in [0.3, 0.4) is 0 Å². The lowest BCUT2D eigenvalue weighted by Gasteiger charge is -2.26. The number of nitrogens with one attached hydrogen (secondary N) is 1. The molecule has 0 unspecified atom stereocenters. The van der Waals surface area contributed by atoms with E-state index < -0.39 is 23.7 Å². The zero-order valence-corrected chi connectivity index (χ0v) is 18.2. The standard InChI is InChI=1S/C27H17FN4O3/c28-20-9-11-21(12-10-20)32-26(34)23(25(33)30-27(32)35)13-19-16-31(24-8-4-3-7-22(19)24)15-18-6-2-1-5-17(18)14-29/h1-13,16H,15H2,(H,30,33,35)/b23-13-. The van der Waals surface area contributed by atoms with Gasteiger partial charge in [-0.25, -0.2) is 14.1 Å². The Bertz CT molecular complexity index is 1580. The molecule has 35 heavy (non-hydrogen) atoms. The van der Waals surface area contributed by atoms with E-state index in [-0.39, 0.29) is 11.3 Å². The summed E-state index contributed by atoms with van der Waals surface area (Å²) in [5, 5.41) is 12.4. The number of aromatic nitrogens is 1. The second-order valence-corrected chi connectivity index (χ2v) is 7.93. The van der Waals surface area contributed by atoms with Gasteiger partial charge in [0.05, 0.1) is 17.3 Å². The van der Waals surface area contributed by atoms with Crippen molar-refractivity contribution in [3.05, 3.63) is 107 Å². The minimum atomic E-state index is -0.903. The van der Waals surface area contributed by atoms with Crippen molar-refractivity contribution in [1.82, 2.24) is 9.88 Å². The molecule has 1 N–H and O–H groups in total. The number of urea groups is 1. The quantitative estimate of drug-likeness (QED) is 0.358. The zero-order valence-electron chi connectivity index (χ0n) is 18.2. The number of hydrogen-bond donors (Lipinski definition) is 1. The smallest absolute Gasteiger partial charge is 0.335 e. The first-order valence-corrected chi connectivity index (χ1v) is 10.7. The molecule has 1 aliphatic rings. The monoisotopic (exact) mass is 464 g/mol. The van der Waals surface area contributed by atoms with Gasteiger partial charge in [0, 0.05) is 29.2 Å². The van der Waals surface area contributed by atoms with Gasteiger partial charge in [-0.3, -0.25) is 14.9 Å². The highest BCUT2D eigenvalue weighted by Gasteiger charge is 2.37. The zero-order chi connectivity index (χ0) is 24.5. The average molecular weight is 464 g/mol. The van der Waals surface area contributed by atoms with Crippen LogP contribution in [-0.2, 0) is 16.1 Å². The molecule has 4 aromatic rings. The maximum absolute atomic E-state index is 13.3. The van der Waals surface area contributed by atoms with Gasteiger partial charge in [0.25, 0.3) is 11.8 Å². The van der Waals surface area contributed by atoms with Gasteiger partial charge in [0.1, 0.15) is 11.4 Å². The molecule has 1 saturated heterocycles. The highest BCUT2D eigenvalue weighted by molar-refractivity contribution is 6.39. The van der Waals surface area contributed by atoms with Crippen molar-refractivity contribution in [2.75, 3.05) is 4.90 Å². The minimum Gasteiger partial charge on any atom is -0.342 e. The second kappa shape index (κ2) is 8.72. The topological polar surface area (TPSA) is 95.2 Å². The second-order valence-electron chi connectivity index (χ2n) is 7.93. The summed E-state index contributed by atoms with van der Waals surface area (Å²) in [5.41, 5.74) is 2.75. The first kappa shape index (κ1) is 21.8. The highest BCUT2D eigenvalue weighted by atomic mass is 19.1. The van der Waals surface area contributed by atoms with Crippen LogP contribution < -0.4 is 10.2 Å². The Morgan fingerprint density at radius 3 is 2.43 bits per heavy atom. The third-order valence-electron chi connectivity index (χ3n) is 5.78. The summed E-state index contributed by atoms with van der Waals surface area (Å²) in [4.78, 5) is 39.0. The number of halogens is 1. The molecule has 1 aliphatic heterocycles. The summed E-state index contributed by atoms with van der Waals surface area (Å²) >= 11 is 0. The fourth-order valence-electron chi connectivity index (χ4n) is 4.11. The van der Waals surface area contributed by atoms with Crippen molar-refractivity contribution in [3.63, 3.8) is 0 Å². The van der Waals surface area contributed by atoms with Crippen LogP contribution in [0.1, 0.15) is 16.7 Å². The van der Waals surface area contributed by atoms with Gasteiger partial charge in [-0.05, 0) is 48.0 Å². The predicted molar refractivity (Wildman–Crippen MR) is 128 cm³/mol. The number of fused-ring (bicyclic) bond motifs is 1. The number of nitriles is 1. The van der Waals surface area contributed by atoms with Crippen molar-refractivity contribution >= 4 is 40.5 Å². The average Bonchev–Trinajstić information content (AvgIpc) is 3.20. The molecule has 0 saturated carbocycles. The van der Waals surface area contributed by atoms with E-state index >= 15 is 0 Å². The molecule has 0 radical (unpaired) electrons. The van der Waals surface area contributed by atoms with Crippen LogP contribution in [0.15, 0.2) is 84.6 Å². The van der Waals surface area contributed by atoms with E-state index in [1.165, 1.54) is 18.2 Å². The maximum atomic E-state index is 13.3. The number of carbonyl (C=O) groups is 3. The summed E-state index contributed by atoms with van der Waals surface area (Å²) in [7, 11) is 0. The molecule has 7 nitrogen and oxygen atoms in total. The number of para-hydroxylation sites is 1. The number of rotatable bonds is 4. The van der Waals surface area contributed by atoms with E-state index in [1.807, 2.05) is 41.0 Å². The molecule has 5 rings (SSSR count). The number of imide groups is 2. The molecule has 0 aliphatic carbocycles. The SMILES string of the molecule is N#Cc1ccccc1Cn1cc(/C=C2/C(=O)NC(=O)N(c3ccc(F)cc3)C2=O)c2ccccc21. The first-order chi connectivity index (χ1) is 17.0. The van der Waals surface area contributed by atoms with Crippen LogP contribution >= 0.6 is 0 Å². The Labute approximate surface area is 199 Å². The van der Waals surface area contributed by atoms with E-state index in [4.69, 9.17) is 0 Å². The molecular formula is C27H17FN4O3. The van der Waals surface area contributed by atoms with Gasteiger partial charge < -0.3 is 4.57 Å². The third-order valence-corrected chi connectivity index (χ3v) is 5.78. The van der Waals surface area contributed by atoms with Crippen molar-refractivity contribution in [2.45, 2.75) is 6.54 Å². The molecule has 170 valence electrons. The summed E-state index contributed by atoms with van der Waals surface area (Å²) in [6.45, 7) is 0.410. The first-order valence-electron chi connectivity index (χ1n) is 10.7. The van der Waals surface area contributed by atoms with E-state index in [0.29, 0.717) is 17.7 Å². The molecule has 0 bridgehead atoms. The Morgan fingerprint density at radius 2 is 1.66 bits per heavy atom. The summed E-state index contributed by atoms with van der Waals surface area (Å²) in [6.07, 6.45) is 3.24. The molecule has 0 spiro atoms. The number of amides is 4. The maximum Gasteiger partial charge on any atom is 0.335 e. The summed E-state index contributed by atoms with van der Waals surface area (Å²) < 4.78 is 15.3. The lowest BCUT2D eigenvalue weighted by molar-refractivity contribution is -0.122. The molecule has 4 amide bonds. The number of hydrogen-bond acceptors (Lipinski definition) is 4. The van der Waals surface area contributed by atoms with Gasteiger partial charge in [-0.1, -0.05) is 36.4 Å². The molecule has 3 aromatic carbocycles. The molecular weight excluding hydrogens is 447 g/mol. The molecule has 0 atom stereocenters. The molecule has 1 aromatic heterocycles. The third kappa shape index (κ3) is 3.96. The summed E-state index contributed by atoms with van der Waals surface area (Å²) in [5.74, 6) is -2.14. The van der Waals surface area contributed by atoms with Crippen LogP contribution in [0.2, 0.25) is 0 Å². The Hall–Kier alpha value is -5.03. The predicted octanol–water partition coefficient (Wildman–Crippen LogP) is 4.37. The van der Waals surface area contributed by atoms with Gasteiger partial charge in [-0.2, -0.15) is 5.26 Å². The van der Waals surface area contributed by atoms with Crippen LogP contribution in [0, 0.1) is 17.1 Å². The van der Waals surface area contributed by atoms with E-state index in [2.05, 4.69) is 11.4 Å². The van der Waals surface area contributed by atoms with Crippen LogP contribution in [-0.4, -0.2) is 22.4 Å². The minimum absolute atomic E-state index is 0.142. The Morgan fingerprint density at radius 1 is 0.943 bits per heavy atom. The van der Waals surface area contributed by atoms with E-state index in [9.17, 15) is 24.0 Å². The fourth-order valence-corrected chi connectivity index (χ4v) is 4.11. The van der Waals surface area contributed by atoms with E-state index in [0.717, 1.165) is 33.5 Å². The van der Waals surface area contributed by atoms with Crippen molar-refractivity contribution < 1.29 is 18.8 Å². The van der Waals surface area contributed by atoms with Crippen molar-refractivity contribution in [1.29, 1.82) is 5.26 Å².